The second-order valence-electron chi connectivity index (χ2n) is 6.17. The highest BCUT2D eigenvalue weighted by Gasteiger charge is 2.22. The molecule has 0 aromatic heterocycles. The molecule has 0 radical (unpaired) electrons. The van der Waals surface area contributed by atoms with Gasteiger partial charge in [0, 0.05) is 24.7 Å². The molecule has 2 aromatic carbocycles. The Labute approximate surface area is 150 Å². The van der Waals surface area contributed by atoms with Gasteiger partial charge in [0.2, 0.25) is 0 Å². The fraction of sp³-hybridized carbons (Fsp3) is 0.263. The number of esters is 1. The van der Waals surface area contributed by atoms with Gasteiger partial charge in [0.25, 0.3) is 11.6 Å². The summed E-state index contributed by atoms with van der Waals surface area (Å²) in [4.78, 5) is 36.5. The van der Waals surface area contributed by atoms with Crippen molar-refractivity contribution in [2.24, 2.45) is 0 Å². The van der Waals surface area contributed by atoms with E-state index in [1.807, 2.05) is 24.3 Å². The maximum absolute atomic E-state index is 12.3. The second-order valence-corrected chi connectivity index (χ2v) is 6.17. The number of fused-ring (bicyclic) bond motifs is 1. The van der Waals surface area contributed by atoms with Crippen LogP contribution in [0.25, 0.3) is 0 Å². The quantitative estimate of drug-likeness (QED) is 0.478. The van der Waals surface area contributed by atoms with E-state index in [2.05, 4.69) is 0 Å². The number of carbonyl (C=O) groups is 2. The summed E-state index contributed by atoms with van der Waals surface area (Å²) >= 11 is 0. The third kappa shape index (κ3) is 3.72. The number of nitro groups is 1. The number of ether oxygens (including phenoxy) is 1. The van der Waals surface area contributed by atoms with Crippen LogP contribution in [-0.2, 0) is 22.5 Å². The summed E-state index contributed by atoms with van der Waals surface area (Å²) in [5.41, 5.74) is 2.67. The van der Waals surface area contributed by atoms with Crippen molar-refractivity contribution in [3.05, 3.63) is 74.8 Å². The lowest BCUT2D eigenvalue weighted by atomic mass is 10.00. The van der Waals surface area contributed by atoms with Crippen LogP contribution in [0, 0.1) is 17.0 Å². The van der Waals surface area contributed by atoms with Crippen LogP contribution in [0.4, 0.5) is 5.69 Å². The summed E-state index contributed by atoms with van der Waals surface area (Å²) in [5, 5.41) is 11.0. The zero-order chi connectivity index (χ0) is 18.7. The number of hydrogen-bond donors (Lipinski definition) is 0. The molecule has 0 N–H and O–H groups in total. The summed E-state index contributed by atoms with van der Waals surface area (Å²) in [6.45, 7) is 2.26. The average molecular weight is 354 g/mol. The highest BCUT2D eigenvalue weighted by molar-refractivity contribution is 5.92. The molecule has 1 amide bonds. The number of nitrogens with zero attached hydrogens (tertiary/aromatic N) is 2. The summed E-state index contributed by atoms with van der Waals surface area (Å²) in [6, 6.07) is 12.0. The van der Waals surface area contributed by atoms with Gasteiger partial charge < -0.3 is 9.64 Å². The van der Waals surface area contributed by atoms with Crippen molar-refractivity contribution < 1.29 is 19.2 Å². The number of hydrogen-bond acceptors (Lipinski definition) is 5. The van der Waals surface area contributed by atoms with E-state index in [1.54, 1.807) is 11.8 Å². The molecular formula is C19H18N2O5. The SMILES string of the molecule is Cc1ccc(C(=O)OCC(=O)N2CCc3ccccc3C2)cc1[N+](=O)[O-]. The normalized spacial score (nSPS) is 13.0. The fourth-order valence-electron chi connectivity index (χ4n) is 2.94. The molecule has 0 bridgehead atoms. The monoisotopic (exact) mass is 354 g/mol. The molecular weight excluding hydrogens is 336 g/mol. The molecule has 0 fully saturated rings. The first-order valence-electron chi connectivity index (χ1n) is 8.22. The molecule has 3 rings (SSSR count). The summed E-state index contributed by atoms with van der Waals surface area (Å²) in [7, 11) is 0. The number of benzene rings is 2. The summed E-state index contributed by atoms with van der Waals surface area (Å²) in [6.07, 6.45) is 0.764. The van der Waals surface area contributed by atoms with E-state index in [4.69, 9.17) is 4.74 Å². The second kappa shape index (κ2) is 7.35. The van der Waals surface area contributed by atoms with E-state index in [0.717, 1.165) is 12.0 Å². The standard InChI is InChI=1S/C19H18N2O5/c1-13-6-7-15(10-17(13)21(24)25)19(23)26-12-18(22)20-9-8-14-4-2-3-5-16(14)11-20/h2-7,10H,8-9,11-12H2,1H3. The lowest BCUT2D eigenvalue weighted by Crippen LogP contribution is -2.38. The predicted octanol–water partition coefficient (Wildman–Crippen LogP) is 2.64. The number of carbonyl (C=O) groups excluding carboxylic acids is 2. The topological polar surface area (TPSA) is 89.8 Å². The van der Waals surface area contributed by atoms with E-state index >= 15 is 0 Å². The van der Waals surface area contributed by atoms with Crippen LogP contribution in [0.3, 0.4) is 0 Å². The number of nitro benzene ring substituents is 1. The van der Waals surface area contributed by atoms with Crippen molar-refractivity contribution in [3.8, 4) is 0 Å². The van der Waals surface area contributed by atoms with Gasteiger partial charge in [-0.1, -0.05) is 30.3 Å². The number of rotatable bonds is 4. The lowest BCUT2D eigenvalue weighted by Gasteiger charge is -2.28. The van der Waals surface area contributed by atoms with Gasteiger partial charge in [-0.2, -0.15) is 0 Å². The van der Waals surface area contributed by atoms with E-state index in [0.29, 0.717) is 18.7 Å². The van der Waals surface area contributed by atoms with Crippen LogP contribution >= 0.6 is 0 Å². The first kappa shape index (κ1) is 17.6. The average Bonchev–Trinajstić information content (AvgIpc) is 2.65. The van der Waals surface area contributed by atoms with Gasteiger partial charge in [0.15, 0.2) is 6.61 Å². The van der Waals surface area contributed by atoms with Gasteiger partial charge in [-0.15, -0.1) is 0 Å². The Morgan fingerprint density at radius 3 is 2.65 bits per heavy atom. The van der Waals surface area contributed by atoms with E-state index < -0.39 is 10.9 Å². The van der Waals surface area contributed by atoms with Crippen LogP contribution in [0.1, 0.15) is 27.0 Å². The smallest absolute Gasteiger partial charge is 0.338 e. The fourth-order valence-corrected chi connectivity index (χ4v) is 2.94. The molecule has 134 valence electrons. The zero-order valence-corrected chi connectivity index (χ0v) is 14.3. The van der Waals surface area contributed by atoms with Crippen molar-refractivity contribution in [2.75, 3.05) is 13.2 Å². The molecule has 1 aliphatic heterocycles. The van der Waals surface area contributed by atoms with Gasteiger partial charge in [0.1, 0.15) is 0 Å². The van der Waals surface area contributed by atoms with Gasteiger partial charge in [0.05, 0.1) is 10.5 Å². The highest BCUT2D eigenvalue weighted by atomic mass is 16.6. The maximum Gasteiger partial charge on any atom is 0.338 e. The molecule has 0 saturated carbocycles. The Morgan fingerprint density at radius 1 is 1.19 bits per heavy atom. The Balaban J connectivity index is 1.61. The largest absolute Gasteiger partial charge is 0.452 e. The van der Waals surface area contributed by atoms with Crippen molar-refractivity contribution >= 4 is 17.6 Å². The van der Waals surface area contributed by atoms with Gasteiger partial charge in [-0.05, 0) is 30.5 Å². The van der Waals surface area contributed by atoms with Crippen LogP contribution in [-0.4, -0.2) is 34.9 Å². The van der Waals surface area contributed by atoms with Gasteiger partial charge in [-0.3, -0.25) is 14.9 Å². The van der Waals surface area contributed by atoms with E-state index in [1.165, 1.54) is 23.8 Å². The van der Waals surface area contributed by atoms with Gasteiger partial charge in [-0.25, -0.2) is 4.79 Å². The van der Waals surface area contributed by atoms with Crippen molar-refractivity contribution in [2.45, 2.75) is 19.9 Å². The molecule has 2 aromatic rings. The summed E-state index contributed by atoms with van der Waals surface area (Å²) in [5.74, 6) is -1.03. The molecule has 1 heterocycles. The molecule has 0 saturated heterocycles. The Hall–Kier alpha value is -3.22. The van der Waals surface area contributed by atoms with Crippen LogP contribution in [0.5, 0.6) is 0 Å². The maximum atomic E-state index is 12.3. The molecule has 0 unspecified atom stereocenters. The molecule has 0 atom stereocenters. The van der Waals surface area contributed by atoms with Crippen molar-refractivity contribution in [1.82, 2.24) is 4.90 Å². The lowest BCUT2D eigenvalue weighted by molar-refractivity contribution is -0.385. The molecule has 7 nitrogen and oxygen atoms in total. The highest BCUT2D eigenvalue weighted by Crippen LogP contribution is 2.20. The molecule has 0 aliphatic carbocycles. The first-order valence-corrected chi connectivity index (χ1v) is 8.22. The molecule has 26 heavy (non-hydrogen) atoms. The van der Waals surface area contributed by atoms with E-state index in [-0.39, 0.29) is 23.8 Å². The van der Waals surface area contributed by atoms with Crippen LogP contribution in [0.2, 0.25) is 0 Å². The molecule has 0 spiro atoms. The minimum atomic E-state index is -0.751. The Morgan fingerprint density at radius 2 is 1.92 bits per heavy atom. The minimum absolute atomic E-state index is 0.0547. The Kier molecular flexibility index (Phi) is 4.97. The van der Waals surface area contributed by atoms with Crippen molar-refractivity contribution in [1.29, 1.82) is 0 Å². The predicted molar refractivity (Wildman–Crippen MR) is 93.7 cm³/mol. The van der Waals surface area contributed by atoms with Crippen LogP contribution < -0.4 is 0 Å². The first-order chi connectivity index (χ1) is 12.5. The number of aryl methyl sites for hydroxylation is 1. The number of amides is 1. The van der Waals surface area contributed by atoms with Crippen LogP contribution in [0.15, 0.2) is 42.5 Å². The third-order valence-corrected chi connectivity index (χ3v) is 4.45. The zero-order valence-electron chi connectivity index (χ0n) is 14.3. The van der Waals surface area contributed by atoms with Gasteiger partial charge >= 0.3 is 5.97 Å². The molecule has 1 aliphatic rings. The summed E-state index contributed by atoms with van der Waals surface area (Å²) < 4.78 is 5.05. The van der Waals surface area contributed by atoms with Crippen molar-refractivity contribution in [3.63, 3.8) is 0 Å². The third-order valence-electron chi connectivity index (χ3n) is 4.45. The Bertz CT molecular complexity index is 878. The van der Waals surface area contributed by atoms with E-state index in [9.17, 15) is 19.7 Å². The minimum Gasteiger partial charge on any atom is -0.452 e. The molecule has 7 heteroatoms.